The second-order valence-corrected chi connectivity index (χ2v) is 7.79. The Labute approximate surface area is 181 Å². The SMILES string of the molecule is Brc1cc(OC2CCCCO2)cc2ccoc12.N#CCc1cc(O)cc2ccoc12. The van der Waals surface area contributed by atoms with E-state index in [0.29, 0.717) is 5.58 Å². The van der Waals surface area contributed by atoms with Crippen molar-refractivity contribution in [2.75, 3.05) is 6.61 Å². The third kappa shape index (κ3) is 4.61. The number of halogens is 1. The number of hydrogen-bond donors (Lipinski definition) is 1. The lowest BCUT2D eigenvalue weighted by Gasteiger charge is -2.23. The highest BCUT2D eigenvalue weighted by molar-refractivity contribution is 9.10. The summed E-state index contributed by atoms with van der Waals surface area (Å²) in [5.74, 6) is 0.983. The molecule has 1 fully saturated rings. The van der Waals surface area contributed by atoms with E-state index in [4.69, 9.17) is 23.6 Å². The van der Waals surface area contributed by atoms with E-state index in [-0.39, 0.29) is 18.5 Å². The number of nitriles is 1. The molecule has 5 rings (SSSR count). The summed E-state index contributed by atoms with van der Waals surface area (Å²) in [7, 11) is 0. The highest BCUT2D eigenvalue weighted by Crippen LogP contribution is 2.31. The fourth-order valence-corrected chi connectivity index (χ4v) is 3.94. The highest BCUT2D eigenvalue weighted by atomic mass is 79.9. The Hall–Kier alpha value is -2.95. The Bertz CT molecular complexity index is 1180. The van der Waals surface area contributed by atoms with Crippen LogP contribution < -0.4 is 4.74 Å². The fraction of sp³-hybridized carbons (Fsp3) is 0.261. The zero-order chi connectivity index (χ0) is 20.9. The van der Waals surface area contributed by atoms with E-state index in [2.05, 4.69) is 15.9 Å². The van der Waals surface area contributed by atoms with Gasteiger partial charge in [0, 0.05) is 22.8 Å². The maximum absolute atomic E-state index is 9.30. The molecule has 1 aliphatic rings. The van der Waals surface area contributed by atoms with Crippen molar-refractivity contribution in [3.05, 3.63) is 59.0 Å². The van der Waals surface area contributed by atoms with Gasteiger partial charge in [-0.1, -0.05) is 0 Å². The maximum Gasteiger partial charge on any atom is 0.199 e. The zero-order valence-electron chi connectivity index (χ0n) is 16.1. The van der Waals surface area contributed by atoms with Crippen molar-refractivity contribution < 1.29 is 23.4 Å². The Morgan fingerprint density at radius 3 is 2.57 bits per heavy atom. The summed E-state index contributed by atoms with van der Waals surface area (Å²) in [4.78, 5) is 0. The summed E-state index contributed by atoms with van der Waals surface area (Å²) in [5.41, 5.74) is 2.25. The van der Waals surface area contributed by atoms with Crippen LogP contribution in [0.3, 0.4) is 0 Å². The molecule has 7 heteroatoms. The van der Waals surface area contributed by atoms with Gasteiger partial charge in [-0.15, -0.1) is 0 Å². The van der Waals surface area contributed by atoms with Crippen LogP contribution in [0.25, 0.3) is 21.9 Å². The molecule has 0 bridgehead atoms. The standard InChI is InChI=1S/C13H13BrO3.C10H7NO2/c14-11-8-10(7-9-4-6-16-13(9)11)17-12-3-1-2-5-15-12;11-3-1-7-5-9(12)6-8-2-4-13-10(7)8/h4,6-8,12H,1-3,5H2;2,4-6,12H,1H2. The molecule has 0 aliphatic carbocycles. The number of phenols is 1. The maximum atomic E-state index is 9.30. The van der Waals surface area contributed by atoms with Crippen LogP contribution in [-0.4, -0.2) is 18.0 Å². The number of hydrogen-bond acceptors (Lipinski definition) is 6. The van der Waals surface area contributed by atoms with Crippen LogP contribution in [0, 0.1) is 11.3 Å². The molecule has 0 spiro atoms. The summed E-state index contributed by atoms with van der Waals surface area (Å²) in [6, 6.07) is 12.8. The summed E-state index contributed by atoms with van der Waals surface area (Å²) in [6.45, 7) is 0.791. The van der Waals surface area contributed by atoms with Crippen LogP contribution in [0.2, 0.25) is 0 Å². The number of nitrogens with zero attached hydrogens (tertiary/aromatic N) is 1. The van der Waals surface area contributed by atoms with Crippen LogP contribution >= 0.6 is 15.9 Å². The van der Waals surface area contributed by atoms with E-state index >= 15 is 0 Å². The van der Waals surface area contributed by atoms with Gasteiger partial charge in [0.25, 0.3) is 0 Å². The zero-order valence-corrected chi connectivity index (χ0v) is 17.7. The van der Waals surface area contributed by atoms with Gasteiger partial charge in [-0.25, -0.2) is 0 Å². The number of rotatable bonds is 3. The quantitative estimate of drug-likeness (QED) is 0.378. The molecule has 3 heterocycles. The van der Waals surface area contributed by atoms with Gasteiger partial charge in [-0.05, 0) is 65.2 Å². The van der Waals surface area contributed by atoms with Crippen molar-refractivity contribution in [2.45, 2.75) is 32.0 Å². The lowest BCUT2D eigenvalue weighted by Crippen LogP contribution is -2.24. The number of aromatic hydroxyl groups is 1. The minimum atomic E-state index is -0.111. The van der Waals surface area contributed by atoms with E-state index in [9.17, 15) is 5.11 Å². The molecular formula is C23H20BrNO5. The largest absolute Gasteiger partial charge is 0.508 e. The van der Waals surface area contributed by atoms with Gasteiger partial charge in [0.15, 0.2) is 6.29 Å². The normalized spacial score (nSPS) is 16.1. The van der Waals surface area contributed by atoms with Gasteiger partial charge in [0.05, 0.1) is 36.1 Å². The molecule has 6 nitrogen and oxygen atoms in total. The highest BCUT2D eigenvalue weighted by Gasteiger charge is 2.16. The molecule has 1 saturated heterocycles. The summed E-state index contributed by atoms with van der Waals surface area (Å²) in [6.07, 6.45) is 6.62. The van der Waals surface area contributed by atoms with Gasteiger partial charge in [0.2, 0.25) is 0 Å². The number of fused-ring (bicyclic) bond motifs is 2. The molecule has 0 saturated carbocycles. The number of phenolic OH excluding ortho intramolecular Hbond substituents is 1. The average molecular weight is 470 g/mol. The lowest BCUT2D eigenvalue weighted by molar-refractivity contribution is -0.105. The molecule has 2 aromatic carbocycles. The topological polar surface area (TPSA) is 88.8 Å². The molecular weight excluding hydrogens is 450 g/mol. The Balaban J connectivity index is 0.000000151. The Kier molecular flexibility index (Phi) is 6.26. The van der Waals surface area contributed by atoms with Crippen molar-refractivity contribution in [1.82, 2.24) is 0 Å². The van der Waals surface area contributed by atoms with E-state index in [1.165, 1.54) is 6.42 Å². The van der Waals surface area contributed by atoms with E-state index in [1.807, 2.05) is 24.3 Å². The van der Waals surface area contributed by atoms with E-state index in [0.717, 1.165) is 51.6 Å². The first-order valence-corrected chi connectivity index (χ1v) is 10.4. The first-order valence-electron chi connectivity index (χ1n) is 9.65. The van der Waals surface area contributed by atoms with Crippen LogP contribution in [0.4, 0.5) is 0 Å². The molecule has 1 N–H and O–H groups in total. The van der Waals surface area contributed by atoms with Crippen molar-refractivity contribution in [2.24, 2.45) is 0 Å². The smallest absolute Gasteiger partial charge is 0.199 e. The molecule has 154 valence electrons. The number of benzene rings is 2. The van der Waals surface area contributed by atoms with Gasteiger partial charge < -0.3 is 23.4 Å². The minimum absolute atomic E-state index is 0.111. The molecule has 0 radical (unpaired) electrons. The average Bonchev–Trinajstić information content (AvgIpc) is 3.39. The van der Waals surface area contributed by atoms with Gasteiger partial charge in [0.1, 0.15) is 22.7 Å². The van der Waals surface area contributed by atoms with Crippen LogP contribution in [0.1, 0.15) is 24.8 Å². The summed E-state index contributed by atoms with van der Waals surface area (Å²) in [5, 5.41) is 19.7. The third-order valence-corrected chi connectivity index (χ3v) is 5.36. The Morgan fingerprint density at radius 1 is 1.07 bits per heavy atom. The van der Waals surface area contributed by atoms with Crippen molar-refractivity contribution in [1.29, 1.82) is 5.26 Å². The van der Waals surface area contributed by atoms with Crippen molar-refractivity contribution in [3.8, 4) is 17.6 Å². The van der Waals surface area contributed by atoms with Crippen LogP contribution in [0.5, 0.6) is 11.5 Å². The first-order chi connectivity index (χ1) is 14.6. The van der Waals surface area contributed by atoms with Crippen molar-refractivity contribution >= 4 is 37.9 Å². The Morgan fingerprint density at radius 2 is 1.83 bits per heavy atom. The van der Waals surface area contributed by atoms with E-state index in [1.54, 1.807) is 30.7 Å². The number of ether oxygens (including phenoxy) is 2. The predicted octanol–water partition coefficient (Wildman–Crippen LogP) is 6.31. The molecule has 4 aromatic rings. The predicted molar refractivity (Wildman–Crippen MR) is 115 cm³/mol. The van der Waals surface area contributed by atoms with Crippen LogP contribution in [0.15, 0.2) is 62.2 Å². The summed E-state index contributed by atoms with van der Waals surface area (Å²) >= 11 is 3.48. The molecule has 1 atom stereocenters. The van der Waals surface area contributed by atoms with Gasteiger partial charge in [-0.3, -0.25) is 0 Å². The number of furan rings is 2. The monoisotopic (exact) mass is 469 g/mol. The molecule has 30 heavy (non-hydrogen) atoms. The lowest BCUT2D eigenvalue weighted by atomic mass is 10.1. The first kappa shape index (κ1) is 20.3. The minimum Gasteiger partial charge on any atom is -0.508 e. The fourth-order valence-electron chi connectivity index (χ4n) is 3.39. The van der Waals surface area contributed by atoms with E-state index < -0.39 is 0 Å². The third-order valence-electron chi connectivity index (χ3n) is 4.77. The molecule has 1 aliphatic heterocycles. The molecule has 0 amide bonds. The van der Waals surface area contributed by atoms with Gasteiger partial charge >= 0.3 is 0 Å². The summed E-state index contributed by atoms with van der Waals surface area (Å²) < 4.78 is 22.8. The van der Waals surface area contributed by atoms with Gasteiger partial charge in [-0.2, -0.15) is 5.26 Å². The van der Waals surface area contributed by atoms with Crippen LogP contribution in [-0.2, 0) is 11.2 Å². The van der Waals surface area contributed by atoms with Crippen molar-refractivity contribution in [3.63, 3.8) is 0 Å². The second-order valence-electron chi connectivity index (χ2n) is 6.94. The molecule has 2 aromatic heterocycles. The second kappa shape index (κ2) is 9.24. The molecule has 1 unspecified atom stereocenters.